The Hall–Kier alpha value is -1.13. The molecule has 0 aromatic heterocycles. The van der Waals surface area contributed by atoms with E-state index < -0.39 is 6.10 Å². The predicted octanol–water partition coefficient (Wildman–Crippen LogP) is 1.97. The Kier molecular flexibility index (Phi) is 4.71. The molecule has 0 bridgehead atoms. The number of nitrogens with one attached hydrogen (secondary N) is 2. The van der Waals surface area contributed by atoms with Gasteiger partial charge in [-0.05, 0) is 56.2 Å². The van der Waals surface area contributed by atoms with Crippen LogP contribution in [0.4, 0.5) is 5.69 Å². The van der Waals surface area contributed by atoms with Crippen LogP contribution in [-0.4, -0.2) is 22.9 Å². The zero-order valence-corrected chi connectivity index (χ0v) is 10.7. The van der Waals surface area contributed by atoms with Gasteiger partial charge in [-0.2, -0.15) is 0 Å². The Morgan fingerprint density at radius 2 is 2.06 bits per heavy atom. The quantitative estimate of drug-likeness (QED) is 0.705. The number of benzene rings is 1. The zero-order valence-electron chi connectivity index (χ0n) is 9.87. The summed E-state index contributed by atoms with van der Waals surface area (Å²) in [5, 5.41) is 15.6. The van der Waals surface area contributed by atoms with Gasteiger partial charge in [0.05, 0.1) is 6.10 Å². The van der Waals surface area contributed by atoms with E-state index in [0.29, 0.717) is 11.7 Å². The highest BCUT2D eigenvalue weighted by Crippen LogP contribution is 2.13. The van der Waals surface area contributed by atoms with Gasteiger partial charge in [-0.25, -0.2) is 0 Å². The molecular formula is C12H18N2OS. The van der Waals surface area contributed by atoms with Crippen molar-refractivity contribution in [2.45, 2.75) is 26.9 Å². The van der Waals surface area contributed by atoms with Crippen molar-refractivity contribution in [3.8, 4) is 0 Å². The molecule has 0 spiro atoms. The minimum Gasteiger partial charge on any atom is -0.392 e. The number of aliphatic hydroxyl groups excluding tert-OH is 1. The Bertz CT molecular complexity index is 377. The van der Waals surface area contributed by atoms with E-state index in [1.807, 2.05) is 12.1 Å². The molecule has 0 aliphatic carbocycles. The lowest BCUT2D eigenvalue weighted by molar-refractivity contribution is 0.198. The summed E-state index contributed by atoms with van der Waals surface area (Å²) in [6.07, 6.45) is -0.403. The molecule has 1 rings (SSSR count). The Balaban J connectivity index is 2.53. The van der Waals surface area contributed by atoms with Crippen LogP contribution in [0.1, 0.15) is 18.1 Å². The second-order valence-electron chi connectivity index (χ2n) is 3.98. The molecule has 88 valence electrons. The van der Waals surface area contributed by atoms with E-state index in [1.165, 1.54) is 11.1 Å². The Labute approximate surface area is 102 Å². The summed E-state index contributed by atoms with van der Waals surface area (Å²) in [6, 6.07) is 6.08. The van der Waals surface area contributed by atoms with Crippen molar-refractivity contribution in [2.24, 2.45) is 0 Å². The molecule has 0 radical (unpaired) electrons. The van der Waals surface area contributed by atoms with Crippen molar-refractivity contribution in [3.63, 3.8) is 0 Å². The normalized spacial score (nSPS) is 12.0. The first-order valence-electron chi connectivity index (χ1n) is 5.29. The van der Waals surface area contributed by atoms with Gasteiger partial charge in [0, 0.05) is 12.2 Å². The third-order valence-corrected chi connectivity index (χ3v) is 2.57. The van der Waals surface area contributed by atoms with E-state index in [9.17, 15) is 0 Å². The molecule has 16 heavy (non-hydrogen) atoms. The standard InChI is InChI=1S/C12H18N2OS/c1-8-4-5-11(6-9(8)2)14-12(16)13-7-10(3)15/h4-6,10,15H,7H2,1-3H3,(H2,13,14,16). The third-order valence-electron chi connectivity index (χ3n) is 2.32. The van der Waals surface area contributed by atoms with E-state index in [2.05, 4.69) is 30.5 Å². The summed E-state index contributed by atoms with van der Waals surface area (Å²) in [6.45, 7) is 6.30. The number of thiocarbonyl (C=S) groups is 1. The highest BCUT2D eigenvalue weighted by Gasteiger charge is 2.00. The summed E-state index contributed by atoms with van der Waals surface area (Å²) in [4.78, 5) is 0. The predicted molar refractivity (Wildman–Crippen MR) is 71.8 cm³/mol. The van der Waals surface area contributed by atoms with Gasteiger partial charge in [0.2, 0.25) is 0 Å². The molecule has 1 unspecified atom stereocenters. The summed E-state index contributed by atoms with van der Waals surface area (Å²) >= 11 is 5.10. The molecule has 3 nitrogen and oxygen atoms in total. The molecule has 0 saturated carbocycles. The molecule has 0 aliphatic rings. The maximum atomic E-state index is 9.10. The largest absolute Gasteiger partial charge is 0.392 e. The van der Waals surface area contributed by atoms with Gasteiger partial charge >= 0.3 is 0 Å². The number of aryl methyl sites for hydroxylation is 2. The fourth-order valence-corrected chi connectivity index (χ4v) is 1.44. The van der Waals surface area contributed by atoms with Gasteiger partial charge in [-0.3, -0.25) is 0 Å². The van der Waals surface area contributed by atoms with Gasteiger partial charge in [-0.1, -0.05) is 6.07 Å². The van der Waals surface area contributed by atoms with Gasteiger partial charge in [0.1, 0.15) is 0 Å². The van der Waals surface area contributed by atoms with Crippen molar-refractivity contribution < 1.29 is 5.11 Å². The smallest absolute Gasteiger partial charge is 0.170 e. The zero-order chi connectivity index (χ0) is 12.1. The summed E-state index contributed by atoms with van der Waals surface area (Å²) in [5.41, 5.74) is 3.45. The fraction of sp³-hybridized carbons (Fsp3) is 0.417. The summed E-state index contributed by atoms with van der Waals surface area (Å²) in [5.74, 6) is 0. The second-order valence-corrected chi connectivity index (χ2v) is 4.39. The lowest BCUT2D eigenvalue weighted by atomic mass is 10.1. The molecule has 4 heteroatoms. The minimum atomic E-state index is -0.403. The third kappa shape index (κ3) is 4.16. The Morgan fingerprint density at radius 1 is 1.38 bits per heavy atom. The van der Waals surface area contributed by atoms with Crippen molar-refractivity contribution in [1.29, 1.82) is 0 Å². The van der Waals surface area contributed by atoms with Gasteiger partial charge in [-0.15, -0.1) is 0 Å². The number of hydrogen-bond acceptors (Lipinski definition) is 2. The average Bonchev–Trinajstić information content (AvgIpc) is 2.21. The summed E-state index contributed by atoms with van der Waals surface area (Å²) in [7, 11) is 0. The number of aliphatic hydroxyl groups is 1. The van der Waals surface area contributed by atoms with Gasteiger partial charge in [0.15, 0.2) is 5.11 Å². The van der Waals surface area contributed by atoms with E-state index in [-0.39, 0.29) is 0 Å². The van der Waals surface area contributed by atoms with Crippen molar-refractivity contribution in [3.05, 3.63) is 29.3 Å². The van der Waals surface area contributed by atoms with Crippen LogP contribution in [0.2, 0.25) is 0 Å². The molecule has 1 aromatic carbocycles. The van der Waals surface area contributed by atoms with E-state index in [4.69, 9.17) is 17.3 Å². The molecule has 1 aromatic rings. The highest BCUT2D eigenvalue weighted by atomic mass is 32.1. The topological polar surface area (TPSA) is 44.3 Å². The van der Waals surface area contributed by atoms with E-state index in [0.717, 1.165) is 5.69 Å². The first-order valence-corrected chi connectivity index (χ1v) is 5.70. The summed E-state index contributed by atoms with van der Waals surface area (Å²) < 4.78 is 0. The Morgan fingerprint density at radius 3 is 2.62 bits per heavy atom. The molecule has 1 atom stereocenters. The molecule has 0 heterocycles. The van der Waals surface area contributed by atoms with Crippen LogP contribution in [0.5, 0.6) is 0 Å². The van der Waals surface area contributed by atoms with Crippen LogP contribution in [0, 0.1) is 13.8 Å². The van der Waals surface area contributed by atoms with Crippen LogP contribution < -0.4 is 10.6 Å². The first-order chi connectivity index (χ1) is 7.49. The van der Waals surface area contributed by atoms with Crippen LogP contribution in [0.3, 0.4) is 0 Å². The highest BCUT2D eigenvalue weighted by molar-refractivity contribution is 7.80. The maximum absolute atomic E-state index is 9.10. The molecule has 0 aliphatic heterocycles. The first kappa shape index (κ1) is 12.9. The van der Waals surface area contributed by atoms with Crippen LogP contribution in [0.25, 0.3) is 0 Å². The molecule has 0 amide bonds. The van der Waals surface area contributed by atoms with Crippen molar-refractivity contribution >= 4 is 23.0 Å². The number of anilines is 1. The SMILES string of the molecule is Cc1ccc(NC(=S)NCC(C)O)cc1C. The molecule has 0 fully saturated rings. The average molecular weight is 238 g/mol. The molecular weight excluding hydrogens is 220 g/mol. The van der Waals surface area contributed by atoms with E-state index in [1.54, 1.807) is 6.92 Å². The van der Waals surface area contributed by atoms with E-state index >= 15 is 0 Å². The van der Waals surface area contributed by atoms with Crippen LogP contribution in [-0.2, 0) is 0 Å². The second kappa shape index (κ2) is 5.82. The van der Waals surface area contributed by atoms with Gasteiger partial charge < -0.3 is 15.7 Å². The van der Waals surface area contributed by atoms with Crippen molar-refractivity contribution in [2.75, 3.05) is 11.9 Å². The fourth-order valence-electron chi connectivity index (χ4n) is 1.23. The molecule has 3 N–H and O–H groups in total. The number of hydrogen-bond donors (Lipinski definition) is 3. The minimum absolute atomic E-state index is 0.403. The monoisotopic (exact) mass is 238 g/mol. The van der Waals surface area contributed by atoms with Gasteiger partial charge in [0.25, 0.3) is 0 Å². The lowest BCUT2D eigenvalue weighted by Crippen LogP contribution is -2.33. The van der Waals surface area contributed by atoms with Crippen LogP contribution in [0.15, 0.2) is 18.2 Å². The lowest BCUT2D eigenvalue weighted by Gasteiger charge is -2.12. The van der Waals surface area contributed by atoms with Crippen LogP contribution >= 0.6 is 12.2 Å². The molecule has 0 saturated heterocycles. The maximum Gasteiger partial charge on any atom is 0.170 e. The number of rotatable bonds is 3. The van der Waals surface area contributed by atoms with Crippen molar-refractivity contribution in [1.82, 2.24) is 5.32 Å².